The van der Waals surface area contributed by atoms with E-state index in [1.807, 2.05) is 86.6 Å². The summed E-state index contributed by atoms with van der Waals surface area (Å²) in [4.78, 5) is 28.0. The predicted octanol–water partition coefficient (Wildman–Crippen LogP) is 4.83. The van der Waals surface area contributed by atoms with E-state index in [2.05, 4.69) is 21.2 Å². The summed E-state index contributed by atoms with van der Waals surface area (Å²) in [5.74, 6) is 0.214. The molecule has 3 aromatic carbocycles. The SMILES string of the molecule is CNC(=O)[C@H](Cc1ccccc1)N(Cc1ccc(Br)cc1)C(=O)COc1cccc(C)c1C. The van der Waals surface area contributed by atoms with Gasteiger partial charge in [0.25, 0.3) is 5.91 Å². The number of amides is 2. The Labute approximate surface area is 203 Å². The highest BCUT2D eigenvalue weighted by Gasteiger charge is 2.30. The van der Waals surface area contributed by atoms with Crippen LogP contribution in [0.5, 0.6) is 5.75 Å². The zero-order valence-corrected chi connectivity index (χ0v) is 20.8. The Kier molecular flexibility index (Phi) is 8.66. The standard InChI is InChI=1S/C27H29BrN2O3/c1-19-8-7-11-25(20(19)2)33-18-26(31)30(17-22-12-14-23(28)15-13-22)24(27(32)29-3)16-21-9-5-4-6-10-21/h4-15,24H,16-18H2,1-3H3,(H,29,32)/t24-/m0/s1. The second-order valence-corrected chi connectivity index (χ2v) is 8.87. The first-order chi connectivity index (χ1) is 15.9. The molecule has 172 valence electrons. The number of nitrogens with zero attached hydrogens (tertiary/aromatic N) is 1. The molecule has 0 unspecified atom stereocenters. The maximum absolute atomic E-state index is 13.4. The van der Waals surface area contributed by atoms with Crippen LogP contribution >= 0.6 is 15.9 Å². The van der Waals surface area contributed by atoms with Crippen LogP contribution in [0.4, 0.5) is 0 Å². The summed E-state index contributed by atoms with van der Waals surface area (Å²) < 4.78 is 6.85. The molecule has 3 aromatic rings. The Morgan fingerprint density at radius 2 is 1.64 bits per heavy atom. The molecular formula is C27H29BrN2O3. The van der Waals surface area contributed by atoms with Gasteiger partial charge in [-0.15, -0.1) is 0 Å². The van der Waals surface area contributed by atoms with Crippen LogP contribution in [-0.4, -0.2) is 36.4 Å². The van der Waals surface area contributed by atoms with Gasteiger partial charge in [0.2, 0.25) is 5.91 Å². The Balaban J connectivity index is 1.88. The summed E-state index contributed by atoms with van der Waals surface area (Å²) in [6.45, 7) is 4.12. The summed E-state index contributed by atoms with van der Waals surface area (Å²) in [5.41, 5.74) is 4.01. The molecule has 0 heterocycles. The van der Waals surface area contributed by atoms with Gasteiger partial charge in [-0.05, 0) is 54.3 Å². The number of carbonyl (C=O) groups is 2. The summed E-state index contributed by atoms with van der Waals surface area (Å²) in [5, 5.41) is 2.72. The van der Waals surface area contributed by atoms with E-state index in [1.54, 1.807) is 11.9 Å². The van der Waals surface area contributed by atoms with E-state index in [-0.39, 0.29) is 18.4 Å². The summed E-state index contributed by atoms with van der Waals surface area (Å²) in [6, 6.07) is 22.6. The molecule has 5 nitrogen and oxygen atoms in total. The highest BCUT2D eigenvalue weighted by molar-refractivity contribution is 9.10. The fraction of sp³-hybridized carbons (Fsp3) is 0.259. The van der Waals surface area contributed by atoms with E-state index >= 15 is 0 Å². The lowest BCUT2D eigenvalue weighted by Crippen LogP contribution is -2.51. The summed E-state index contributed by atoms with van der Waals surface area (Å²) in [7, 11) is 1.59. The fourth-order valence-corrected chi connectivity index (χ4v) is 3.87. The third kappa shape index (κ3) is 6.68. The van der Waals surface area contributed by atoms with Crippen LogP contribution in [0.2, 0.25) is 0 Å². The minimum atomic E-state index is -0.671. The van der Waals surface area contributed by atoms with E-state index < -0.39 is 6.04 Å². The van der Waals surface area contributed by atoms with E-state index in [0.717, 1.165) is 26.7 Å². The predicted molar refractivity (Wildman–Crippen MR) is 134 cm³/mol. The number of aryl methyl sites for hydroxylation is 1. The van der Waals surface area contributed by atoms with Crippen LogP contribution in [0.25, 0.3) is 0 Å². The number of likely N-dealkylation sites (N-methyl/N-ethyl adjacent to an activating group) is 1. The van der Waals surface area contributed by atoms with Crippen molar-refractivity contribution in [1.29, 1.82) is 0 Å². The monoisotopic (exact) mass is 508 g/mol. The van der Waals surface area contributed by atoms with Crippen LogP contribution in [0.3, 0.4) is 0 Å². The van der Waals surface area contributed by atoms with Gasteiger partial charge in [0.15, 0.2) is 6.61 Å². The Morgan fingerprint density at radius 3 is 2.30 bits per heavy atom. The summed E-state index contributed by atoms with van der Waals surface area (Å²) >= 11 is 3.45. The second kappa shape index (κ2) is 11.7. The Morgan fingerprint density at radius 1 is 0.939 bits per heavy atom. The smallest absolute Gasteiger partial charge is 0.261 e. The Bertz CT molecular complexity index is 1080. The van der Waals surface area contributed by atoms with Gasteiger partial charge in [-0.1, -0.05) is 70.5 Å². The topological polar surface area (TPSA) is 58.6 Å². The van der Waals surface area contributed by atoms with Crippen molar-refractivity contribution in [3.63, 3.8) is 0 Å². The van der Waals surface area contributed by atoms with Gasteiger partial charge in [0.1, 0.15) is 11.8 Å². The molecule has 0 bridgehead atoms. The van der Waals surface area contributed by atoms with Crippen molar-refractivity contribution in [3.8, 4) is 5.75 Å². The van der Waals surface area contributed by atoms with Crippen molar-refractivity contribution in [3.05, 3.63) is 99.5 Å². The van der Waals surface area contributed by atoms with Gasteiger partial charge in [-0.25, -0.2) is 0 Å². The van der Waals surface area contributed by atoms with Crippen molar-refractivity contribution in [2.24, 2.45) is 0 Å². The molecule has 0 radical (unpaired) electrons. The third-order valence-corrected chi connectivity index (χ3v) is 6.22. The molecule has 0 saturated heterocycles. The first-order valence-electron chi connectivity index (χ1n) is 10.9. The zero-order valence-electron chi connectivity index (χ0n) is 19.2. The second-order valence-electron chi connectivity index (χ2n) is 7.95. The molecule has 3 rings (SSSR count). The number of halogens is 1. The molecule has 33 heavy (non-hydrogen) atoms. The number of nitrogens with one attached hydrogen (secondary N) is 1. The number of benzene rings is 3. The minimum Gasteiger partial charge on any atom is -0.483 e. The van der Waals surface area contributed by atoms with Crippen LogP contribution in [-0.2, 0) is 22.6 Å². The molecule has 0 fully saturated rings. The number of carbonyl (C=O) groups excluding carboxylic acids is 2. The molecule has 1 atom stereocenters. The highest BCUT2D eigenvalue weighted by atomic mass is 79.9. The molecule has 0 spiro atoms. The lowest BCUT2D eigenvalue weighted by atomic mass is 10.0. The molecule has 0 aliphatic carbocycles. The number of rotatable bonds is 9. The van der Waals surface area contributed by atoms with Crippen molar-refractivity contribution in [2.75, 3.05) is 13.7 Å². The molecule has 2 amide bonds. The van der Waals surface area contributed by atoms with E-state index in [9.17, 15) is 9.59 Å². The van der Waals surface area contributed by atoms with Gasteiger partial charge in [-0.2, -0.15) is 0 Å². The van der Waals surface area contributed by atoms with Gasteiger partial charge in [0.05, 0.1) is 0 Å². The number of hydrogen-bond donors (Lipinski definition) is 1. The zero-order chi connectivity index (χ0) is 23.8. The van der Waals surface area contributed by atoms with Crippen molar-refractivity contribution < 1.29 is 14.3 Å². The number of ether oxygens (including phenoxy) is 1. The van der Waals surface area contributed by atoms with E-state index in [1.165, 1.54) is 0 Å². The van der Waals surface area contributed by atoms with Crippen LogP contribution < -0.4 is 10.1 Å². The molecular weight excluding hydrogens is 480 g/mol. The molecule has 0 aromatic heterocycles. The maximum atomic E-state index is 13.4. The van der Waals surface area contributed by atoms with Gasteiger partial charge in [0, 0.05) is 24.5 Å². The normalized spacial score (nSPS) is 11.5. The van der Waals surface area contributed by atoms with Crippen LogP contribution in [0.1, 0.15) is 22.3 Å². The first-order valence-corrected chi connectivity index (χ1v) is 11.7. The van der Waals surface area contributed by atoms with Crippen LogP contribution in [0, 0.1) is 13.8 Å². The lowest BCUT2D eigenvalue weighted by molar-refractivity contribution is -0.142. The van der Waals surface area contributed by atoms with Gasteiger partial charge in [-0.3, -0.25) is 9.59 Å². The quantitative estimate of drug-likeness (QED) is 0.450. The average molecular weight is 509 g/mol. The van der Waals surface area contributed by atoms with E-state index in [4.69, 9.17) is 4.74 Å². The molecule has 1 N–H and O–H groups in total. The molecule has 0 saturated carbocycles. The number of hydrogen-bond acceptors (Lipinski definition) is 3. The third-order valence-electron chi connectivity index (χ3n) is 5.69. The molecule has 0 aliphatic heterocycles. The van der Waals surface area contributed by atoms with Crippen molar-refractivity contribution in [1.82, 2.24) is 10.2 Å². The first kappa shape index (κ1) is 24.5. The largest absolute Gasteiger partial charge is 0.483 e. The minimum absolute atomic E-state index is 0.150. The Hall–Kier alpha value is -3.12. The highest BCUT2D eigenvalue weighted by Crippen LogP contribution is 2.22. The molecule has 6 heteroatoms. The maximum Gasteiger partial charge on any atom is 0.261 e. The molecule has 0 aliphatic rings. The van der Waals surface area contributed by atoms with Gasteiger partial charge < -0.3 is 15.0 Å². The van der Waals surface area contributed by atoms with Crippen molar-refractivity contribution in [2.45, 2.75) is 32.9 Å². The fourth-order valence-electron chi connectivity index (χ4n) is 3.61. The van der Waals surface area contributed by atoms with Gasteiger partial charge >= 0.3 is 0 Å². The van der Waals surface area contributed by atoms with Crippen LogP contribution in [0.15, 0.2) is 77.3 Å². The van der Waals surface area contributed by atoms with E-state index in [0.29, 0.717) is 18.7 Å². The summed E-state index contributed by atoms with van der Waals surface area (Å²) in [6.07, 6.45) is 0.409. The average Bonchev–Trinajstić information content (AvgIpc) is 2.83. The lowest BCUT2D eigenvalue weighted by Gasteiger charge is -2.31. The van der Waals surface area contributed by atoms with Crippen molar-refractivity contribution >= 4 is 27.7 Å².